The number of piperidine rings is 1. The third-order valence-corrected chi connectivity index (χ3v) is 3.59. The number of likely N-dealkylation sites (tertiary alicyclic amines) is 1. The van der Waals surface area contributed by atoms with Gasteiger partial charge in [-0.05, 0) is 47.4 Å². The molecule has 3 N–H and O–H groups in total. The largest absolute Gasteiger partial charge is 0.387 e. The lowest BCUT2D eigenvalue weighted by Crippen LogP contribution is -2.40. The zero-order valence-electron chi connectivity index (χ0n) is 9.69. The average Bonchev–Trinajstić information content (AvgIpc) is 2.32. The van der Waals surface area contributed by atoms with Crippen molar-refractivity contribution < 1.29 is 0 Å². The van der Waals surface area contributed by atoms with E-state index in [1.165, 1.54) is 0 Å². The molecule has 1 aromatic heterocycles. The normalized spacial score (nSPS) is 21.4. The van der Waals surface area contributed by atoms with Crippen LogP contribution in [-0.2, 0) is 6.54 Å². The Morgan fingerprint density at radius 1 is 1.59 bits per heavy atom. The summed E-state index contributed by atoms with van der Waals surface area (Å²) in [6, 6.07) is 4.04. The predicted octanol–water partition coefficient (Wildman–Crippen LogP) is 1.99. The van der Waals surface area contributed by atoms with Gasteiger partial charge in [0, 0.05) is 29.7 Å². The summed E-state index contributed by atoms with van der Waals surface area (Å²) in [5.41, 5.74) is 6.64. The van der Waals surface area contributed by atoms with Gasteiger partial charge in [-0.2, -0.15) is 0 Å². The van der Waals surface area contributed by atoms with Gasteiger partial charge in [-0.25, -0.2) is 0 Å². The van der Waals surface area contributed by atoms with Crippen molar-refractivity contribution in [1.82, 2.24) is 9.88 Å². The Labute approximate surface area is 110 Å². The molecule has 0 amide bonds. The first-order valence-corrected chi connectivity index (χ1v) is 6.61. The lowest BCUT2D eigenvalue weighted by molar-refractivity contribution is 0.194. The van der Waals surface area contributed by atoms with Gasteiger partial charge in [0.25, 0.3) is 0 Å². The van der Waals surface area contributed by atoms with Gasteiger partial charge in [0.15, 0.2) is 0 Å². The molecule has 0 bridgehead atoms. The minimum Gasteiger partial charge on any atom is -0.387 e. The number of halogens is 1. The van der Waals surface area contributed by atoms with Gasteiger partial charge in [0.2, 0.25) is 0 Å². The minimum absolute atomic E-state index is 0.221. The third kappa shape index (κ3) is 3.51. The number of nitrogens with zero attached hydrogens (tertiary/aromatic N) is 2. The van der Waals surface area contributed by atoms with Crippen molar-refractivity contribution in [3.63, 3.8) is 0 Å². The second kappa shape index (κ2) is 5.60. The van der Waals surface area contributed by atoms with Crippen LogP contribution >= 0.6 is 15.9 Å². The Morgan fingerprint density at radius 2 is 2.41 bits per heavy atom. The topological polar surface area (TPSA) is 66.0 Å². The molecule has 2 heterocycles. The number of hydrogen-bond acceptors (Lipinski definition) is 3. The van der Waals surface area contributed by atoms with E-state index in [4.69, 9.17) is 11.1 Å². The molecule has 0 aliphatic carbocycles. The Hall–Kier alpha value is -0.940. The molecule has 92 valence electrons. The highest BCUT2D eigenvalue weighted by Gasteiger charge is 2.22. The average molecular weight is 297 g/mol. The summed E-state index contributed by atoms with van der Waals surface area (Å²) in [6.45, 7) is 2.80. The maximum atomic E-state index is 7.52. The van der Waals surface area contributed by atoms with E-state index >= 15 is 0 Å². The Balaban J connectivity index is 1.94. The third-order valence-electron chi connectivity index (χ3n) is 3.12. The van der Waals surface area contributed by atoms with Crippen molar-refractivity contribution in [2.75, 3.05) is 13.1 Å². The monoisotopic (exact) mass is 296 g/mol. The van der Waals surface area contributed by atoms with Crippen LogP contribution in [0.3, 0.4) is 0 Å². The van der Waals surface area contributed by atoms with Crippen molar-refractivity contribution in [2.24, 2.45) is 11.7 Å². The van der Waals surface area contributed by atoms with Crippen LogP contribution in [0.25, 0.3) is 0 Å². The smallest absolute Gasteiger partial charge is 0.0949 e. The van der Waals surface area contributed by atoms with E-state index in [1.807, 2.05) is 18.3 Å². The van der Waals surface area contributed by atoms with Gasteiger partial charge in [-0.1, -0.05) is 0 Å². The highest BCUT2D eigenvalue weighted by atomic mass is 79.9. The Morgan fingerprint density at radius 3 is 3.06 bits per heavy atom. The van der Waals surface area contributed by atoms with Crippen molar-refractivity contribution in [2.45, 2.75) is 19.4 Å². The standard InChI is InChI=1S/C12H17BrN4/c13-10-3-4-11(16-6-10)8-17-5-1-2-9(7-17)12(14)15/h3-4,6,9H,1-2,5,7-8H2,(H3,14,15). The fourth-order valence-corrected chi connectivity index (χ4v) is 2.42. The first kappa shape index (κ1) is 12.5. The van der Waals surface area contributed by atoms with Gasteiger partial charge in [0.1, 0.15) is 0 Å². The Kier molecular flexibility index (Phi) is 4.12. The molecule has 1 aliphatic rings. The van der Waals surface area contributed by atoms with Crippen LogP contribution in [0.1, 0.15) is 18.5 Å². The van der Waals surface area contributed by atoms with E-state index in [9.17, 15) is 0 Å². The molecule has 0 saturated carbocycles. The number of rotatable bonds is 3. The number of aromatic nitrogens is 1. The number of nitrogens with one attached hydrogen (secondary N) is 1. The van der Waals surface area contributed by atoms with Crippen LogP contribution in [0.4, 0.5) is 0 Å². The molecule has 1 aromatic rings. The summed E-state index contributed by atoms with van der Waals surface area (Å²) in [5, 5.41) is 7.52. The molecule has 5 heteroatoms. The van der Waals surface area contributed by atoms with Crippen LogP contribution in [0, 0.1) is 11.3 Å². The summed E-state index contributed by atoms with van der Waals surface area (Å²) in [4.78, 5) is 6.69. The zero-order chi connectivity index (χ0) is 12.3. The summed E-state index contributed by atoms with van der Waals surface area (Å²) < 4.78 is 1.00. The SMILES string of the molecule is N=C(N)C1CCCN(Cc2ccc(Br)cn2)C1. The van der Waals surface area contributed by atoms with E-state index in [2.05, 4.69) is 25.8 Å². The molecule has 0 radical (unpaired) electrons. The van der Waals surface area contributed by atoms with E-state index in [0.717, 1.165) is 42.6 Å². The van der Waals surface area contributed by atoms with Crippen LogP contribution in [0.15, 0.2) is 22.8 Å². The highest BCUT2D eigenvalue weighted by Crippen LogP contribution is 2.18. The Bertz CT molecular complexity index is 390. The van der Waals surface area contributed by atoms with Gasteiger partial charge >= 0.3 is 0 Å². The molecule has 1 unspecified atom stereocenters. The van der Waals surface area contributed by atoms with Crippen LogP contribution in [0.5, 0.6) is 0 Å². The summed E-state index contributed by atoms with van der Waals surface area (Å²) in [7, 11) is 0. The van der Waals surface area contributed by atoms with Crippen molar-refractivity contribution in [3.8, 4) is 0 Å². The number of nitrogens with two attached hydrogens (primary N) is 1. The summed E-state index contributed by atoms with van der Waals surface area (Å²) >= 11 is 3.38. The number of hydrogen-bond donors (Lipinski definition) is 2. The molecule has 1 saturated heterocycles. The van der Waals surface area contributed by atoms with Gasteiger partial charge in [-0.3, -0.25) is 15.3 Å². The number of pyridine rings is 1. The van der Waals surface area contributed by atoms with Crippen LogP contribution in [-0.4, -0.2) is 28.8 Å². The van der Waals surface area contributed by atoms with E-state index < -0.39 is 0 Å². The molecule has 2 rings (SSSR count). The van der Waals surface area contributed by atoms with E-state index in [-0.39, 0.29) is 5.92 Å². The molecular formula is C12H17BrN4. The second-order valence-electron chi connectivity index (χ2n) is 4.50. The quantitative estimate of drug-likeness (QED) is 0.662. The molecule has 1 fully saturated rings. The van der Waals surface area contributed by atoms with Gasteiger partial charge in [0.05, 0.1) is 11.5 Å². The lowest BCUT2D eigenvalue weighted by Gasteiger charge is -2.31. The molecule has 1 aliphatic heterocycles. The second-order valence-corrected chi connectivity index (χ2v) is 5.41. The summed E-state index contributed by atoms with van der Waals surface area (Å²) in [5.74, 6) is 0.540. The molecule has 0 spiro atoms. The molecular weight excluding hydrogens is 280 g/mol. The fourth-order valence-electron chi connectivity index (χ4n) is 2.18. The van der Waals surface area contributed by atoms with Gasteiger partial charge in [-0.15, -0.1) is 0 Å². The molecule has 4 nitrogen and oxygen atoms in total. The summed E-state index contributed by atoms with van der Waals surface area (Å²) in [6.07, 6.45) is 3.97. The van der Waals surface area contributed by atoms with Crippen molar-refractivity contribution >= 4 is 21.8 Å². The van der Waals surface area contributed by atoms with Crippen LogP contribution in [0.2, 0.25) is 0 Å². The maximum absolute atomic E-state index is 7.52. The van der Waals surface area contributed by atoms with Crippen molar-refractivity contribution in [3.05, 3.63) is 28.5 Å². The van der Waals surface area contributed by atoms with Crippen LogP contribution < -0.4 is 5.73 Å². The fraction of sp³-hybridized carbons (Fsp3) is 0.500. The molecule has 0 aromatic carbocycles. The van der Waals surface area contributed by atoms with E-state index in [0.29, 0.717) is 5.84 Å². The van der Waals surface area contributed by atoms with Crippen molar-refractivity contribution in [1.29, 1.82) is 5.41 Å². The maximum Gasteiger partial charge on any atom is 0.0949 e. The van der Waals surface area contributed by atoms with E-state index in [1.54, 1.807) is 0 Å². The predicted molar refractivity (Wildman–Crippen MR) is 71.9 cm³/mol. The highest BCUT2D eigenvalue weighted by molar-refractivity contribution is 9.10. The minimum atomic E-state index is 0.221. The first-order chi connectivity index (χ1) is 8.15. The molecule has 17 heavy (non-hydrogen) atoms. The lowest BCUT2D eigenvalue weighted by atomic mass is 9.97. The van der Waals surface area contributed by atoms with Gasteiger partial charge < -0.3 is 5.73 Å². The molecule has 1 atom stereocenters. The number of amidine groups is 1. The first-order valence-electron chi connectivity index (χ1n) is 5.82. The zero-order valence-corrected chi connectivity index (χ0v) is 11.3.